The first-order chi connectivity index (χ1) is 9.95. The zero-order valence-electron chi connectivity index (χ0n) is 12.2. The maximum Gasteiger partial charge on any atom is 0.244 e. The van der Waals surface area contributed by atoms with Crippen molar-refractivity contribution in [2.45, 2.75) is 33.0 Å². The summed E-state index contributed by atoms with van der Waals surface area (Å²) in [6.45, 7) is 4.67. The van der Waals surface area contributed by atoms with E-state index in [1.165, 1.54) is 0 Å². The molecule has 1 aromatic heterocycles. The molecule has 0 atom stereocenters. The molecule has 112 valence electrons. The highest BCUT2D eigenvalue weighted by atomic mass is 35.5. The standard InChI is InChI=1S/C15H19ClN4O/c1-11(2)20(9-12-4-3-5-13(16)8-12)15(21)10-19-7-6-14(17)18-19/h3-8,11H,9-10H2,1-2H3,(H2,17,18). The first-order valence-corrected chi connectivity index (χ1v) is 7.16. The van der Waals surface area contributed by atoms with Crippen LogP contribution in [0.2, 0.25) is 5.02 Å². The summed E-state index contributed by atoms with van der Waals surface area (Å²) < 4.78 is 1.55. The number of hydrogen-bond acceptors (Lipinski definition) is 3. The van der Waals surface area contributed by atoms with Crippen LogP contribution < -0.4 is 5.73 Å². The molecular formula is C15H19ClN4O. The van der Waals surface area contributed by atoms with Gasteiger partial charge >= 0.3 is 0 Å². The van der Waals surface area contributed by atoms with E-state index < -0.39 is 0 Å². The summed E-state index contributed by atoms with van der Waals surface area (Å²) in [7, 11) is 0. The number of hydrogen-bond donors (Lipinski definition) is 1. The molecule has 0 unspecified atom stereocenters. The predicted molar refractivity (Wildman–Crippen MR) is 83.8 cm³/mol. The van der Waals surface area contributed by atoms with Crippen LogP contribution in [0.15, 0.2) is 36.5 Å². The molecule has 21 heavy (non-hydrogen) atoms. The van der Waals surface area contributed by atoms with E-state index in [1.54, 1.807) is 21.8 Å². The van der Waals surface area contributed by atoms with Crippen molar-refractivity contribution in [1.29, 1.82) is 0 Å². The number of halogens is 1. The third-order valence-electron chi connectivity index (χ3n) is 3.14. The first kappa shape index (κ1) is 15.4. The molecule has 2 N–H and O–H groups in total. The van der Waals surface area contributed by atoms with Crippen LogP contribution >= 0.6 is 11.6 Å². The maximum absolute atomic E-state index is 12.4. The molecule has 2 aromatic rings. The van der Waals surface area contributed by atoms with Gasteiger partial charge in [0.05, 0.1) is 0 Å². The van der Waals surface area contributed by atoms with Gasteiger partial charge in [-0.05, 0) is 37.6 Å². The number of carbonyl (C=O) groups excluding carboxylic acids is 1. The number of anilines is 1. The minimum atomic E-state index is -0.00641. The SMILES string of the molecule is CC(C)N(Cc1cccc(Cl)c1)C(=O)Cn1ccc(N)n1. The molecule has 0 aliphatic heterocycles. The lowest BCUT2D eigenvalue weighted by atomic mass is 10.2. The highest BCUT2D eigenvalue weighted by Crippen LogP contribution is 2.14. The van der Waals surface area contributed by atoms with Gasteiger partial charge in [0.15, 0.2) is 0 Å². The minimum absolute atomic E-state index is 0.00641. The van der Waals surface area contributed by atoms with E-state index in [1.807, 2.05) is 38.1 Å². The summed E-state index contributed by atoms with van der Waals surface area (Å²) in [5.74, 6) is 0.404. The Hall–Kier alpha value is -2.01. The maximum atomic E-state index is 12.4. The summed E-state index contributed by atoms with van der Waals surface area (Å²) in [5, 5.41) is 4.71. The number of benzene rings is 1. The molecule has 1 amide bonds. The van der Waals surface area contributed by atoms with Gasteiger partial charge in [-0.2, -0.15) is 5.10 Å². The first-order valence-electron chi connectivity index (χ1n) is 6.78. The second-order valence-electron chi connectivity index (χ2n) is 5.18. The zero-order valence-corrected chi connectivity index (χ0v) is 12.9. The van der Waals surface area contributed by atoms with Crippen LogP contribution in [-0.4, -0.2) is 26.6 Å². The fourth-order valence-electron chi connectivity index (χ4n) is 2.09. The summed E-state index contributed by atoms with van der Waals surface area (Å²) in [4.78, 5) is 14.2. The molecule has 0 saturated heterocycles. The van der Waals surface area contributed by atoms with E-state index in [0.717, 1.165) is 5.56 Å². The van der Waals surface area contributed by atoms with Crippen LogP contribution in [0.4, 0.5) is 5.82 Å². The third kappa shape index (κ3) is 4.23. The quantitative estimate of drug-likeness (QED) is 0.923. The van der Waals surface area contributed by atoms with Crippen LogP contribution in [0.5, 0.6) is 0 Å². The lowest BCUT2D eigenvalue weighted by Gasteiger charge is -2.27. The van der Waals surface area contributed by atoms with Crippen molar-refractivity contribution in [1.82, 2.24) is 14.7 Å². The van der Waals surface area contributed by atoms with E-state index in [9.17, 15) is 4.79 Å². The fraction of sp³-hybridized carbons (Fsp3) is 0.333. The van der Waals surface area contributed by atoms with Crippen molar-refractivity contribution in [3.63, 3.8) is 0 Å². The lowest BCUT2D eigenvalue weighted by molar-refractivity contribution is -0.134. The number of aromatic nitrogens is 2. The van der Waals surface area contributed by atoms with Gasteiger partial charge in [0.2, 0.25) is 5.91 Å². The Kier molecular flexibility index (Phi) is 4.85. The number of nitrogens with zero attached hydrogens (tertiary/aromatic N) is 3. The van der Waals surface area contributed by atoms with Crippen molar-refractivity contribution in [3.05, 3.63) is 47.1 Å². The summed E-state index contributed by atoms with van der Waals surface area (Å²) in [6.07, 6.45) is 1.70. The van der Waals surface area contributed by atoms with Crippen LogP contribution in [0, 0.1) is 0 Å². The van der Waals surface area contributed by atoms with Gasteiger partial charge in [0.1, 0.15) is 12.4 Å². The molecule has 1 aromatic carbocycles. The van der Waals surface area contributed by atoms with Crippen LogP contribution in [0.25, 0.3) is 0 Å². The van der Waals surface area contributed by atoms with Crippen LogP contribution in [0.1, 0.15) is 19.4 Å². The van der Waals surface area contributed by atoms with Gasteiger partial charge in [-0.25, -0.2) is 0 Å². The number of nitrogens with two attached hydrogens (primary N) is 1. The molecule has 0 saturated carbocycles. The molecular weight excluding hydrogens is 288 g/mol. The van der Waals surface area contributed by atoms with E-state index in [-0.39, 0.29) is 18.5 Å². The Morgan fingerprint density at radius 3 is 2.76 bits per heavy atom. The Labute approximate surface area is 129 Å². The summed E-state index contributed by atoms with van der Waals surface area (Å²) in [5.41, 5.74) is 6.56. The van der Waals surface area contributed by atoms with Crippen molar-refractivity contribution in [2.24, 2.45) is 0 Å². The Bertz CT molecular complexity index is 624. The third-order valence-corrected chi connectivity index (χ3v) is 3.38. The van der Waals surface area contributed by atoms with Crippen molar-refractivity contribution >= 4 is 23.3 Å². The van der Waals surface area contributed by atoms with E-state index >= 15 is 0 Å². The molecule has 0 aliphatic carbocycles. The zero-order chi connectivity index (χ0) is 15.4. The molecule has 5 nitrogen and oxygen atoms in total. The number of nitrogen functional groups attached to an aromatic ring is 1. The number of carbonyl (C=O) groups is 1. The molecule has 0 radical (unpaired) electrons. The Morgan fingerprint density at radius 1 is 1.43 bits per heavy atom. The molecule has 0 spiro atoms. The highest BCUT2D eigenvalue weighted by Gasteiger charge is 2.18. The van der Waals surface area contributed by atoms with Crippen molar-refractivity contribution < 1.29 is 4.79 Å². The van der Waals surface area contributed by atoms with Gasteiger partial charge in [-0.15, -0.1) is 0 Å². The van der Waals surface area contributed by atoms with Crippen molar-refractivity contribution in [3.8, 4) is 0 Å². The van der Waals surface area contributed by atoms with Gasteiger partial charge in [0, 0.05) is 23.8 Å². The largest absolute Gasteiger partial charge is 0.382 e. The summed E-state index contributed by atoms with van der Waals surface area (Å²) in [6, 6.07) is 9.29. The van der Waals surface area contributed by atoms with E-state index in [2.05, 4.69) is 5.10 Å². The topological polar surface area (TPSA) is 64.2 Å². The predicted octanol–water partition coefficient (Wildman–Crippen LogP) is 2.56. The van der Waals surface area contributed by atoms with Gasteiger partial charge in [-0.1, -0.05) is 23.7 Å². The second-order valence-corrected chi connectivity index (χ2v) is 5.62. The average molecular weight is 307 g/mol. The molecule has 2 rings (SSSR count). The smallest absolute Gasteiger partial charge is 0.244 e. The van der Waals surface area contributed by atoms with Gasteiger partial charge < -0.3 is 10.6 Å². The van der Waals surface area contributed by atoms with Gasteiger partial charge in [-0.3, -0.25) is 9.48 Å². The Balaban J connectivity index is 2.09. The second kappa shape index (κ2) is 6.63. The fourth-order valence-corrected chi connectivity index (χ4v) is 2.30. The summed E-state index contributed by atoms with van der Waals surface area (Å²) >= 11 is 5.99. The molecule has 1 heterocycles. The monoisotopic (exact) mass is 306 g/mol. The Morgan fingerprint density at radius 2 is 2.19 bits per heavy atom. The average Bonchev–Trinajstić information content (AvgIpc) is 2.81. The van der Waals surface area contributed by atoms with Crippen LogP contribution in [-0.2, 0) is 17.9 Å². The van der Waals surface area contributed by atoms with Crippen molar-refractivity contribution in [2.75, 3.05) is 5.73 Å². The number of rotatable bonds is 5. The normalized spacial score (nSPS) is 10.9. The molecule has 0 bridgehead atoms. The van der Waals surface area contributed by atoms with E-state index in [4.69, 9.17) is 17.3 Å². The molecule has 6 heteroatoms. The van der Waals surface area contributed by atoms with Crippen LogP contribution in [0.3, 0.4) is 0 Å². The molecule has 0 fully saturated rings. The molecule has 0 aliphatic rings. The van der Waals surface area contributed by atoms with E-state index in [0.29, 0.717) is 17.4 Å². The number of amides is 1. The highest BCUT2D eigenvalue weighted by molar-refractivity contribution is 6.30. The van der Waals surface area contributed by atoms with Gasteiger partial charge in [0.25, 0.3) is 0 Å². The lowest BCUT2D eigenvalue weighted by Crippen LogP contribution is -2.38. The minimum Gasteiger partial charge on any atom is -0.382 e.